The van der Waals surface area contributed by atoms with Crippen LogP contribution < -0.4 is 0 Å². The Hall–Kier alpha value is -11.3. The van der Waals surface area contributed by atoms with Crippen molar-refractivity contribution in [2.75, 3.05) is 0 Å². The van der Waals surface area contributed by atoms with Crippen LogP contribution >= 0.6 is 0 Å². The number of hydrogen-bond acceptors (Lipinski definition) is 2. The number of aryl methyl sites for hydroxylation is 2. The average Bonchev–Trinajstić information content (AvgIpc) is 1.60. The van der Waals surface area contributed by atoms with E-state index in [0.717, 1.165) is 176 Å². The van der Waals surface area contributed by atoms with Crippen molar-refractivity contribution in [1.82, 2.24) is 23.3 Å². The van der Waals surface area contributed by atoms with Crippen molar-refractivity contribution < 1.29 is 0 Å². The van der Waals surface area contributed by atoms with E-state index in [9.17, 15) is 5.26 Å². The second-order valence-electron chi connectivity index (χ2n) is 22.5. The lowest BCUT2D eigenvalue weighted by Gasteiger charge is -2.30. The third-order valence-corrected chi connectivity index (χ3v) is 18.1. The second kappa shape index (κ2) is 17.4. The second-order valence-corrected chi connectivity index (χ2v) is 22.5. The van der Waals surface area contributed by atoms with E-state index in [1.54, 1.807) is 0 Å². The van der Waals surface area contributed by atoms with Crippen LogP contribution in [-0.4, -0.2) is 23.3 Å². The normalized spacial score (nSPS) is 12.2. The Bertz CT molecular complexity index is 5640. The van der Waals surface area contributed by atoms with Gasteiger partial charge in [-0.15, -0.1) is 0 Å². The lowest BCUT2D eigenvalue weighted by atomic mass is 9.92. The van der Waals surface area contributed by atoms with Crippen molar-refractivity contribution in [1.29, 1.82) is 5.26 Å². The number of nitriles is 1. The van der Waals surface area contributed by atoms with E-state index in [0.29, 0.717) is 5.56 Å². The number of benzene rings is 13. The molecule has 0 aliphatic carbocycles. The molecule has 6 heteroatoms. The van der Waals surface area contributed by atoms with E-state index in [4.69, 9.17) is 4.98 Å². The van der Waals surface area contributed by atoms with Gasteiger partial charge in [-0.05, 0) is 65.7 Å². The van der Waals surface area contributed by atoms with E-state index < -0.39 is 0 Å². The molecule has 5 aromatic heterocycles. The quantitative estimate of drug-likeness (QED) is 0.172. The van der Waals surface area contributed by atoms with E-state index in [1.807, 2.05) is 0 Å². The van der Waals surface area contributed by atoms with Crippen molar-refractivity contribution in [3.05, 3.63) is 272 Å². The zero-order valence-corrected chi connectivity index (χ0v) is 45.9. The molecular formula is C78H48N6. The highest BCUT2D eigenvalue weighted by molar-refractivity contribution is 6.25. The summed E-state index contributed by atoms with van der Waals surface area (Å²) in [6.45, 7) is 4.25. The minimum Gasteiger partial charge on any atom is -0.306 e. The summed E-state index contributed by atoms with van der Waals surface area (Å²) >= 11 is 0. The van der Waals surface area contributed by atoms with Crippen LogP contribution in [0.5, 0.6) is 0 Å². The molecule has 0 N–H and O–H groups in total. The van der Waals surface area contributed by atoms with Crippen LogP contribution in [0.2, 0.25) is 0 Å². The third-order valence-electron chi connectivity index (χ3n) is 18.1. The van der Waals surface area contributed by atoms with Gasteiger partial charge in [-0.1, -0.05) is 224 Å². The molecular weight excluding hydrogens is 1020 g/mol. The average molecular weight is 1070 g/mol. The lowest BCUT2D eigenvalue weighted by molar-refractivity contribution is 1.03. The Morgan fingerprint density at radius 1 is 0.286 bits per heavy atom. The summed E-state index contributed by atoms with van der Waals surface area (Å²) in [7, 11) is 0. The molecule has 0 fully saturated rings. The predicted octanol–water partition coefficient (Wildman–Crippen LogP) is 20.2. The molecule has 13 aromatic carbocycles. The molecule has 0 aliphatic heterocycles. The van der Waals surface area contributed by atoms with Crippen molar-refractivity contribution in [2.45, 2.75) is 13.8 Å². The van der Waals surface area contributed by atoms with Crippen LogP contribution in [-0.2, 0) is 0 Å². The highest BCUT2D eigenvalue weighted by Crippen LogP contribution is 2.54. The van der Waals surface area contributed by atoms with Gasteiger partial charge in [-0.3, -0.25) is 4.98 Å². The highest BCUT2D eigenvalue weighted by Gasteiger charge is 2.36. The number of aromatic nitrogens is 5. The molecule has 0 amide bonds. The third kappa shape index (κ3) is 6.19. The standard InChI is InChI=1S/C78H48N6/c1-46-35-40-52(47(2)80-46)70-77(83-68-33-17-13-29-59(68)63-43-38-50-21-5-9-25-55(50)73(63)83)75(81-66-31-15-11-27-57(66)61-41-36-48-19-3-7-23-53(48)71(61)81)65(45-79)76(82-67-32-16-12-28-58(67)62-42-37-49-20-4-8-24-54(49)72(62)82)78(70)84-69-34-18-14-30-60(69)64-44-39-51-22-6-10-26-56(51)74(64)84/h3-44H,1-2H3. The Morgan fingerprint density at radius 2 is 0.571 bits per heavy atom. The Balaban J connectivity index is 1.25. The number of hydrogen-bond donors (Lipinski definition) is 0. The van der Waals surface area contributed by atoms with Gasteiger partial charge in [0.15, 0.2) is 0 Å². The minimum absolute atomic E-state index is 0.519. The van der Waals surface area contributed by atoms with Crippen LogP contribution in [0, 0.1) is 25.2 Å². The Morgan fingerprint density at radius 3 is 0.881 bits per heavy atom. The van der Waals surface area contributed by atoms with E-state index >= 15 is 0 Å². The molecule has 0 saturated carbocycles. The lowest BCUT2D eigenvalue weighted by Crippen LogP contribution is -2.17. The molecule has 6 nitrogen and oxygen atoms in total. The van der Waals surface area contributed by atoms with E-state index in [2.05, 4.69) is 293 Å². The summed E-state index contributed by atoms with van der Waals surface area (Å²) in [4.78, 5) is 5.46. The smallest absolute Gasteiger partial charge is 0.104 e. The topological polar surface area (TPSA) is 56.4 Å². The van der Waals surface area contributed by atoms with Gasteiger partial charge in [0.05, 0.1) is 66.9 Å². The van der Waals surface area contributed by atoms with E-state index in [-0.39, 0.29) is 0 Å². The van der Waals surface area contributed by atoms with Crippen molar-refractivity contribution in [3.8, 4) is 39.9 Å². The number of rotatable bonds is 5. The van der Waals surface area contributed by atoms with Gasteiger partial charge < -0.3 is 18.3 Å². The van der Waals surface area contributed by atoms with Gasteiger partial charge in [-0.25, -0.2) is 0 Å². The van der Waals surface area contributed by atoms with Crippen molar-refractivity contribution in [3.63, 3.8) is 0 Å². The first-order valence-corrected chi connectivity index (χ1v) is 28.8. The van der Waals surface area contributed by atoms with E-state index in [1.165, 1.54) is 0 Å². The maximum atomic E-state index is 13.4. The molecule has 0 spiro atoms. The summed E-state index contributed by atoms with van der Waals surface area (Å²) in [6.07, 6.45) is 0. The summed E-state index contributed by atoms with van der Waals surface area (Å²) in [5.41, 5.74) is 15.6. The van der Waals surface area contributed by atoms with Crippen LogP contribution in [0.1, 0.15) is 17.0 Å². The monoisotopic (exact) mass is 1070 g/mol. The summed E-state index contributed by atoms with van der Waals surface area (Å²) in [5.74, 6) is 0. The highest BCUT2D eigenvalue weighted by atomic mass is 15.1. The zero-order chi connectivity index (χ0) is 55.5. The first kappa shape index (κ1) is 46.5. The molecule has 0 aliphatic rings. The van der Waals surface area contributed by atoms with Crippen LogP contribution in [0.3, 0.4) is 0 Å². The molecule has 18 rings (SSSR count). The molecule has 84 heavy (non-hydrogen) atoms. The molecule has 0 radical (unpaired) electrons. The molecule has 0 unspecified atom stereocenters. The van der Waals surface area contributed by atoms with Crippen LogP contribution in [0.25, 0.3) is 164 Å². The SMILES string of the molecule is Cc1ccc(-c2c(-n3c4ccccc4c4ccc5ccccc5c43)c(-n3c4ccccc4c4ccc5ccccc5c43)c(C#N)c(-n3c4ccccc4c4ccc5ccccc5c43)c2-n2c3ccccc3c3ccc4ccccc4c32)c(C)n1. The van der Waals surface area contributed by atoms with Crippen molar-refractivity contribution >= 4 is 130 Å². The number of nitrogens with zero attached hydrogens (tertiary/aromatic N) is 6. The molecule has 18 aromatic rings. The maximum absolute atomic E-state index is 13.4. The molecule has 390 valence electrons. The fourth-order valence-corrected chi connectivity index (χ4v) is 14.7. The fourth-order valence-electron chi connectivity index (χ4n) is 14.7. The Labute approximate surface area is 481 Å². The van der Waals surface area contributed by atoms with Crippen LogP contribution in [0.15, 0.2) is 255 Å². The number of para-hydroxylation sites is 4. The zero-order valence-electron chi connectivity index (χ0n) is 45.9. The molecule has 5 heterocycles. The van der Waals surface area contributed by atoms with Gasteiger partial charge >= 0.3 is 0 Å². The van der Waals surface area contributed by atoms with Crippen molar-refractivity contribution in [2.24, 2.45) is 0 Å². The first-order chi connectivity index (χ1) is 41.5. The van der Waals surface area contributed by atoms with Gasteiger partial charge in [0.1, 0.15) is 11.6 Å². The fraction of sp³-hybridized carbons (Fsp3) is 0.0256. The number of pyridine rings is 1. The molecule has 0 atom stereocenters. The van der Waals surface area contributed by atoms with Gasteiger partial charge in [0.2, 0.25) is 0 Å². The van der Waals surface area contributed by atoms with Gasteiger partial charge in [0.25, 0.3) is 0 Å². The minimum atomic E-state index is 0.519. The molecule has 0 saturated heterocycles. The Kier molecular flexibility index (Phi) is 9.62. The van der Waals surface area contributed by atoms with Gasteiger partial charge in [-0.2, -0.15) is 5.26 Å². The molecule has 0 bridgehead atoms. The number of fused-ring (bicyclic) bond motifs is 20. The van der Waals surface area contributed by atoms with Crippen LogP contribution in [0.4, 0.5) is 0 Å². The predicted molar refractivity (Wildman–Crippen MR) is 351 cm³/mol. The summed E-state index contributed by atoms with van der Waals surface area (Å²) in [6, 6.07) is 96.0. The largest absolute Gasteiger partial charge is 0.306 e. The summed E-state index contributed by atoms with van der Waals surface area (Å²) in [5, 5.41) is 31.1. The first-order valence-electron chi connectivity index (χ1n) is 28.8. The maximum Gasteiger partial charge on any atom is 0.104 e. The summed E-state index contributed by atoms with van der Waals surface area (Å²) < 4.78 is 10.00. The van der Waals surface area contributed by atoms with Gasteiger partial charge in [0, 0.05) is 87.1 Å².